The Kier molecular flexibility index (Phi) is 5.01. The zero-order valence-corrected chi connectivity index (χ0v) is 14.1. The van der Waals surface area contributed by atoms with Crippen LogP contribution in [0.25, 0.3) is 0 Å². The van der Waals surface area contributed by atoms with Gasteiger partial charge in [0.05, 0.1) is 4.90 Å². The van der Waals surface area contributed by atoms with Crippen molar-refractivity contribution in [3.8, 4) is 0 Å². The van der Waals surface area contributed by atoms with Crippen LogP contribution in [0.3, 0.4) is 0 Å². The van der Waals surface area contributed by atoms with Gasteiger partial charge in [0.25, 0.3) is 0 Å². The highest BCUT2D eigenvalue weighted by Crippen LogP contribution is 2.25. The Labute approximate surface area is 132 Å². The molecule has 1 aromatic carbocycles. The van der Waals surface area contributed by atoms with Gasteiger partial charge in [-0.25, -0.2) is 13.1 Å². The molecule has 0 spiro atoms. The van der Waals surface area contributed by atoms with Gasteiger partial charge in [0.2, 0.25) is 10.0 Å². The van der Waals surface area contributed by atoms with Crippen LogP contribution in [0, 0.1) is 12.8 Å². The van der Waals surface area contributed by atoms with E-state index in [1.165, 1.54) is 0 Å². The van der Waals surface area contributed by atoms with Gasteiger partial charge < -0.3 is 5.73 Å². The van der Waals surface area contributed by atoms with Crippen molar-refractivity contribution in [1.29, 1.82) is 0 Å². The number of hydrogen-bond donors (Lipinski definition) is 2. The molecule has 21 heavy (non-hydrogen) atoms. The number of benzene rings is 1. The SMILES string of the molecule is Cc1cc(S(=O)(=O)NC2CCC(C)CC2)ccc1C(N)=S. The zero-order chi connectivity index (χ0) is 15.6. The van der Waals surface area contributed by atoms with E-state index >= 15 is 0 Å². The highest BCUT2D eigenvalue weighted by atomic mass is 32.2. The number of hydrogen-bond acceptors (Lipinski definition) is 3. The quantitative estimate of drug-likeness (QED) is 0.834. The van der Waals surface area contributed by atoms with Gasteiger partial charge in [-0.2, -0.15) is 0 Å². The summed E-state index contributed by atoms with van der Waals surface area (Å²) in [6.07, 6.45) is 3.97. The number of sulfonamides is 1. The first-order valence-electron chi connectivity index (χ1n) is 7.22. The van der Waals surface area contributed by atoms with E-state index in [0.717, 1.165) is 36.8 Å². The lowest BCUT2D eigenvalue weighted by Gasteiger charge is -2.26. The van der Waals surface area contributed by atoms with Gasteiger partial charge in [0.15, 0.2) is 0 Å². The van der Waals surface area contributed by atoms with Gasteiger partial charge in [-0.3, -0.25) is 0 Å². The molecule has 0 aromatic heterocycles. The van der Waals surface area contributed by atoms with Gasteiger partial charge in [-0.05, 0) is 56.2 Å². The maximum Gasteiger partial charge on any atom is 0.240 e. The summed E-state index contributed by atoms with van der Waals surface area (Å²) in [4.78, 5) is 0.560. The molecule has 1 aliphatic carbocycles. The normalized spacial score (nSPS) is 23.0. The maximum absolute atomic E-state index is 12.4. The van der Waals surface area contributed by atoms with Crippen LogP contribution in [0.15, 0.2) is 23.1 Å². The molecule has 0 bridgehead atoms. The van der Waals surface area contributed by atoms with Gasteiger partial charge in [-0.15, -0.1) is 0 Å². The second-order valence-electron chi connectivity index (χ2n) is 5.92. The van der Waals surface area contributed by atoms with E-state index in [9.17, 15) is 8.42 Å². The summed E-state index contributed by atoms with van der Waals surface area (Å²) in [5.41, 5.74) is 7.10. The second kappa shape index (κ2) is 6.42. The van der Waals surface area contributed by atoms with Crippen LogP contribution >= 0.6 is 12.2 Å². The fourth-order valence-corrected chi connectivity index (χ4v) is 4.36. The molecule has 1 aromatic rings. The fraction of sp³-hybridized carbons (Fsp3) is 0.533. The molecule has 6 heteroatoms. The van der Waals surface area contributed by atoms with Crippen molar-refractivity contribution in [3.05, 3.63) is 29.3 Å². The highest BCUT2D eigenvalue weighted by molar-refractivity contribution is 7.89. The summed E-state index contributed by atoms with van der Waals surface area (Å²) in [5, 5.41) is 0. The first-order chi connectivity index (χ1) is 9.79. The van der Waals surface area contributed by atoms with Crippen molar-refractivity contribution in [2.24, 2.45) is 11.7 Å². The fourth-order valence-electron chi connectivity index (χ4n) is 2.75. The van der Waals surface area contributed by atoms with Crippen LogP contribution < -0.4 is 10.5 Å². The zero-order valence-electron chi connectivity index (χ0n) is 12.4. The summed E-state index contributed by atoms with van der Waals surface area (Å²) in [5.74, 6) is 0.692. The molecule has 3 N–H and O–H groups in total. The molecule has 0 amide bonds. The van der Waals surface area contributed by atoms with Crippen molar-refractivity contribution >= 4 is 27.2 Å². The molecule has 1 aliphatic rings. The van der Waals surface area contributed by atoms with Crippen LogP contribution in [0.5, 0.6) is 0 Å². The van der Waals surface area contributed by atoms with Crippen LogP contribution in [-0.2, 0) is 10.0 Å². The van der Waals surface area contributed by atoms with E-state index in [2.05, 4.69) is 11.6 Å². The summed E-state index contributed by atoms with van der Waals surface area (Å²) in [6.45, 7) is 4.03. The van der Waals surface area contributed by atoms with Gasteiger partial charge in [-0.1, -0.05) is 25.2 Å². The van der Waals surface area contributed by atoms with Crippen LogP contribution in [0.4, 0.5) is 0 Å². The standard InChI is InChI=1S/C15H22N2O2S2/c1-10-3-5-12(6-4-10)17-21(18,19)13-7-8-14(15(16)20)11(2)9-13/h7-10,12,17H,3-6H2,1-2H3,(H2,16,20). The van der Waals surface area contributed by atoms with E-state index in [4.69, 9.17) is 18.0 Å². The number of aryl methyl sites for hydroxylation is 1. The summed E-state index contributed by atoms with van der Waals surface area (Å²) in [7, 11) is -3.48. The molecule has 1 fully saturated rings. The second-order valence-corrected chi connectivity index (χ2v) is 8.07. The first kappa shape index (κ1) is 16.4. The van der Waals surface area contributed by atoms with Gasteiger partial charge >= 0.3 is 0 Å². The Morgan fingerprint density at radius 3 is 2.43 bits per heavy atom. The molecule has 0 unspecified atom stereocenters. The lowest BCUT2D eigenvalue weighted by Crippen LogP contribution is -2.37. The third-order valence-corrected chi connectivity index (χ3v) is 5.85. The first-order valence-corrected chi connectivity index (χ1v) is 9.11. The molecule has 1 saturated carbocycles. The van der Waals surface area contributed by atoms with Crippen molar-refractivity contribution in [3.63, 3.8) is 0 Å². The van der Waals surface area contributed by atoms with E-state index < -0.39 is 10.0 Å². The third kappa shape index (κ3) is 4.02. The van der Waals surface area contributed by atoms with Crippen molar-refractivity contribution in [2.45, 2.75) is 50.5 Å². The highest BCUT2D eigenvalue weighted by Gasteiger charge is 2.24. The average molecular weight is 326 g/mol. The lowest BCUT2D eigenvalue weighted by atomic mass is 9.88. The average Bonchev–Trinajstić information content (AvgIpc) is 2.40. The van der Waals surface area contributed by atoms with Crippen LogP contribution in [-0.4, -0.2) is 19.4 Å². The van der Waals surface area contributed by atoms with Crippen LogP contribution in [0.2, 0.25) is 0 Å². The Morgan fingerprint density at radius 2 is 1.90 bits per heavy atom. The van der Waals surface area contributed by atoms with Crippen molar-refractivity contribution < 1.29 is 8.42 Å². The van der Waals surface area contributed by atoms with Crippen molar-refractivity contribution in [2.75, 3.05) is 0 Å². The molecule has 0 aliphatic heterocycles. The topological polar surface area (TPSA) is 72.2 Å². The van der Waals surface area contributed by atoms with Crippen molar-refractivity contribution in [1.82, 2.24) is 4.72 Å². The van der Waals surface area contributed by atoms with Crippen LogP contribution in [0.1, 0.15) is 43.7 Å². The summed E-state index contributed by atoms with van der Waals surface area (Å²) in [6, 6.07) is 4.91. The molecular formula is C15H22N2O2S2. The molecule has 2 rings (SSSR count). The number of nitrogens with one attached hydrogen (secondary N) is 1. The number of rotatable bonds is 4. The summed E-state index contributed by atoms with van der Waals surface area (Å²) >= 11 is 4.94. The Morgan fingerprint density at radius 1 is 1.29 bits per heavy atom. The molecule has 4 nitrogen and oxygen atoms in total. The minimum atomic E-state index is -3.48. The summed E-state index contributed by atoms with van der Waals surface area (Å²) < 4.78 is 27.7. The minimum Gasteiger partial charge on any atom is -0.389 e. The lowest BCUT2D eigenvalue weighted by molar-refractivity contribution is 0.332. The monoisotopic (exact) mass is 326 g/mol. The minimum absolute atomic E-state index is 0.0433. The van der Waals surface area contributed by atoms with E-state index in [1.54, 1.807) is 18.2 Å². The Hall–Kier alpha value is -0.980. The predicted octanol–water partition coefficient (Wildman–Crippen LogP) is 2.49. The largest absolute Gasteiger partial charge is 0.389 e. The van der Waals surface area contributed by atoms with E-state index in [-0.39, 0.29) is 15.9 Å². The molecule has 0 atom stereocenters. The van der Waals surface area contributed by atoms with Gasteiger partial charge in [0.1, 0.15) is 4.99 Å². The molecular weight excluding hydrogens is 304 g/mol. The predicted molar refractivity (Wildman–Crippen MR) is 88.8 cm³/mol. The van der Waals surface area contributed by atoms with E-state index in [1.807, 2.05) is 6.92 Å². The smallest absolute Gasteiger partial charge is 0.240 e. The Balaban J connectivity index is 2.16. The maximum atomic E-state index is 12.4. The molecule has 0 heterocycles. The number of nitrogens with two attached hydrogens (primary N) is 1. The van der Waals surface area contributed by atoms with E-state index in [0.29, 0.717) is 5.92 Å². The third-order valence-electron chi connectivity index (χ3n) is 4.11. The molecule has 0 saturated heterocycles. The number of thiocarbonyl (C=S) groups is 1. The molecule has 116 valence electrons. The van der Waals surface area contributed by atoms with Gasteiger partial charge in [0, 0.05) is 11.6 Å². The Bertz CT molecular complexity index is 633. The molecule has 0 radical (unpaired) electrons.